The molecule has 0 bridgehead atoms. The summed E-state index contributed by atoms with van der Waals surface area (Å²) in [6.45, 7) is 19.8. The molecule has 4 aromatic rings. The molecule has 0 heterocycles. The second-order valence-corrected chi connectivity index (χ2v) is 11.5. The second kappa shape index (κ2) is 15.0. The molecule has 0 aliphatic rings. The van der Waals surface area contributed by atoms with Crippen LogP contribution in [0.4, 0.5) is 0 Å². The van der Waals surface area contributed by atoms with Gasteiger partial charge in [0.25, 0.3) is 0 Å². The standard InChI is InChI=1S/C41H48N2/c1-7-15-31(25-26-42)39(43)24-23-30-17-14-20-36(28(30)6)41-35(11-5)34(10-4)40(37-18-12-13-19-38(37)41)33-22-21-29(9-3)32(27-33)16-8-2/h8-14,16-22,27,31,39H,3-5,7,15,23-26,42-43H2,1-2,6H3/b16-8-. The van der Waals surface area contributed by atoms with E-state index in [0.29, 0.717) is 12.5 Å². The van der Waals surface area contributed by atoms with Crippen molar-refractivity contribution < 1.29 is 0 Å². The summed E-state index contributed by atoms with van der Waals surface area (Å²) in [5.74, 6) is 0.478. The van der Waals surface area contributed by atoms with Gasteiger partial charge in [-0.25, -0.2) is 0 Å². The molecule has 0 aliphatic heterocycles. The van der Waals surface area contributed by atoms with Gasteiger partial charge in [-0.2, -0.15) is 0 Å². The number of aryl methyl sites for hydroxylation is 1. The number of nitrogens with two attached hydrogens (primary N) is 2. The molecule has 0 saturated heterocycles. The van der Waals surface area contributed by atoms with Crippen molar-refractivity contribution in [3.8, 4) is 22.3 Å². The van der Waals surface area contributed by atoms with Crippen molar-refractivity contribution in [1.29, 1.82) is 0 Å². The Morgan fingerprint density at radius 2 is 1.49 bits per heavy atom. The SMILES string of the molecule is C=Cc1ccc(-c2c(C=C)c(C=C)c(-c3cccc(CCC(N)C(CCC)CCN)c3C)c3ccccc23)cc1/C=C\C. The summed E-state index contributed by atoms with van der Waals surface area (Å²) in [4.78, 5) is 0. The van der Waals surface area contributed by atoms with Crippen LogP contribution in [0.15, 0.2) is 86.5 Å². The van der Waals surface area contributed by atoms with Crippen molar-refractivity contribution >= 4 is 35.1 Å². The third-order valence-electron chi connectivity index (χ3n) is 8.91. The Kier molecular flexibility index (Phi) is 11.1. The number of rotatable bonds is 14. The van der Waals surface area contributed by atoms with Gasteiger partial charge < -0.3 is 11.5 Å². The first-order chi connectivity index (χ1) is 20.9. The molecule has 0 fully saturated rings. The fraction of sp³-hybridized carbons (Fsp3) is 0.268. The van der Waals surface area contributed by atoms with Crippen LogP contribution in [0.1, 0.15) is 72.9 Å². The van der Waals surface area contributed by atoms with Crippen LogP contribution in [0.5, 0.6) is 0 Å². The average molecular weight is 569 g/mol. The monoisotopic (exact) mass is 568 g/mol. The number of fused-ring (bicyclic) bond motifs is 1. The molecule has 4 N–H and O–H groups in total. The quantitative estimate of drug-likeness (QED) is 0.159. The van der Waals surface area contributed by atoms with Crippen molar-refractivity contribution in [3.05, 3.63) is 120 Å². The summed E-state index contributed by atoms with van der Waals surface area (Å²) in [5.41, 5.74) is 24.5. The van der Waals surface area contributed by atoms with Gasteiger partial charge in [-0.1, -0.05) is 118 Å². The van der Waals surface area contributed by atoms with Crippen LogP contribution in [0.25, 0.3) is 57.3 Å². The van der Waals surface area contributed by atoms with E-state index in [0.717, 1.165) is 59.9 Å². The second-order valence-electron chi connectivity index (χ2n) is 11.5. The lowest BCUT2D eigenvalue weighted by Crippen LogP contribution is -2.32. The van der Waals surface area contributed by atoms with Crippen molar-refractivity contribution in [2.75, 3.05) is 6.54 Å². The first kappa shape index (κ1) is 31.9. The summed E-state index contributed by atoms with van der Waals surface area (Å²) in [7, 11) is 0. The van der Waals surface area contributed by atoms with E-state index < -0.39 is 0 Å². The smallest absolute Gasteiger partial charge is 0.00708 e. The molecule has 43 heavy (non-hydrogen) atoms. The maximum absolute atomic E-state index is 6.73. The van der Waals surface area contributed by atoms with E-state index in [4.69, 9.17) is 11.5 Å². The highest BCUT2D eigenvalue weighted by molar-refractivity contribution is 6.12. The van der Waals surface area contributed by atoms with Crippen LogP contribution < -0.4 is 11.5 Å². The van der Waals surface area contributed by atoms with Crippen molar-refractivity contribution in [1.82, 2.24) is 0 Å². The van der Waals surface area contributed by atoms with Crippen LogP contribution in [0.3, 0.4) is 0 Å². The molecule has 0 amide bonds. The lowest BCUT2D eigenvalue weighted by Gasteiger charge is -2.24. The van der Waals surface area contributed by atoms with E-state index in [-0.39, 0.29) is 6.04 Å². The number of hydrogen-bond acceptors (Lipinski definition) is 2. The molecule has 0 aromatic heterocycles. The Labute approximate surface area is 259 Å². The minimum absolute atomic E-state index is 0.155. The normalized spacial score (nSPS) is 12.9. The summed E-state index contributed by atoms with van der Waals surface area (Å²) in [6, 6.07) is 22.2. The molecule has 2 unspecified atom stereocenters. The van der Waals surface area contributed by atoms with Crippen LogP contribution in [-0.2, 0) is 6.42 Å². The molecular weight excluding hydrogens is 520 g/mol. The van der Waals surface area contributed by atoms with Crippen LogP contribution in [-0.4, -0.2) is 12.6 Å². The zero-order chi connectivity index (χ0) is 30.9. The zero-order valence-electron chi connectivity index (χ0n) is 26.3. The fourth-order valence-electron chi connectivity index (χ4n) is 6.68. The molecule has 2 nitrogen and oxygen atoms in total. The van der Waals surface area contributed by atoms with E-state index in [2.05, 4.69) is 106 Å². The topological polar surface area (TPSA) is 52.0 Å². The summed E-state index contributed by atoms with van der Waals surface area (Å²) < 4.78 is 0. The van der Waals surface area contributed by atoms with Crippen LogP contribution in [0, 0.1) is 12.8 Å². The van der Waals surface area contributed by atoms with Gasteiger partial charge in [-0.15, -0.1) is 0 Å². The van der Waals surface area contributed by atoms with Gasteiger partial charge in [0.2, 0.25) is 0 Å². The molecule has 2 atom stereocenters. The fourth-order valence-corrected chi connectivity index (χ4v) is 6.68. The molecule has 4 aromatic carbocycles. The highest BCUT2D eigenvalue weighted by atomic mass is 14.7. The van der Waals surface area contributed by atoms with Crippen LogP contribution >= 0.6 is 0 Å². The lowest BCUT2D eigenvalue weighted by atomic mass is 9.81. The van der Waals surface area contributed by atoms with Crippen molar-refractivity contribution in [2.24, 2.45) is 17.4 Å². The molecule has 4 rings (SSSR count). The molecule has 0 spiro atoms. The molecule has 0 radical (unpaired) electrons. The predicted molar refractivity (Wildman–Crippen MR) is 193 cm³/mol. The van der Waals surface area contributed by atoms with E-state index in [1.807, 2.05) is 25.2 Å². The van der Waals surface area contributed by atoms with Gasteiger partial charge >= 0.3 is 0 Å². The highest BCUT2D eigenvalue weighted by Crippen LogP contribution is 2.44. The molecule has 222 valence electrons. The third kappa shape index (κ3) is 6.67. The number of benzene rings is 4. The Bertz CT molecular complexity index is 1630. The van der Waals surface area contributed by atoms with E-state index in [1.54, 1.807) is 0 Å². The molecule has 0 aliphatic carbocycles. The Balaban J connectivity index is 1.90. The Morgan fingerprint density at radius 1 is 0.791 bits per heavy atom. The Morgan fingerprint density at radius 3 is 2.12 bits per heavy atom. The van der Waals surface area contributed by atoms with Crippen molar-refractivity contribution in [3.63, 3.8) is 0 Å². The van der Waals surface area contributed by atoms with Gasteiger partial charge in [-0.05, 0) is 124 Å². The third-order valence-corrected chi connectivity index (χ3v) is 8.91. The maximum Gasteiger partial charge on any atom is 0.00708 e. The van der Waals surface area contributed by atoms with Crippen LogP contribution in [0.2, 0.25) is 0 Å². The minimum Gasteiger partial charge on any atom is -0.330 e. The highest BCUT2D eigenvalue weighted by Gasteiger charge is 2.21. The zero-order valence-corrected chi connectivity index (χ0v) is 26.3. The molecular formula is C41H48N2. The first-order valence-electron chi connectivity index (χ1n) is 15.7. The maximum atomic E-state index is 6.73. The van der Waals surface area contributed by atoms with E-state index >= 15 is 0 Å². The number of hydrogen-bond donors (Lipinski definition) is 2. The first-order valence-corrected chi connectivity index (χ1v) is 15.7. The minimum atomic E-state index is 0.155. The van der Waals surface area contributed by atoms with Gasteiger partial charge in [0.05, 0.1) is 0 Å². The molecule has 0 saturated carbocycles. The molecule has 2 heteroatoms. The van der Waals surface area contributed by atoms with Gasteiger partial charge in [-0.3, -0.25) is 0 Å². The van der Waals surface area contributed by atoms with Gasteiger partial charge in [0.1, 0.15) is 0 Å². The number of allylic oxidation sites excluding steroid dienone is 1. The predicted octanol–water partition coefficient (Wildman–Crippen LogP) is 10.5. The lowest BCUT2D eigenvalue weighted by molar-refractivity contribution is 0.354. The summed E-state index contributed by atoms with van der Waals surface area (Å²) in [5, 5.41) is 2.41. The van der Waals surface area contributed by atoms with E-state index in [9.17, 15) is 0 Å². The largest absolute Gasteiger partial charge is 0.330 e. The van der Waals surface area contributed by atoms with Crippen molar-refractivity contribution in [2.45, 2.75) is 58.9 Å². The Hall–Kier alpha value is -3.98. The average Bonchev–Trinajstić information content (AvgIpc) is 3.03. The van der Waals surface area contributed by atoms with Gasteiger partial charge in [0, 0.05) is 6.04 Å². The summed E-state index contributed by atoms with van der Waals surface area (Å²) >= 11 is 0. The summed E-state index contributed by atoms with van der Waals surface area (Å²) in [6.07, 6.45) is 15.3. The van der Waals surface area contributed by atoms with Gasteiger partial charge in [0.15, 0.2) is 0 Å². The van der Waals surface area contributed by atoms with E-state index in [1.165, 1.54) is 38.6 Å².